The number of hydrogen-bond acceptors (Lipinski definition) is 3. The minimum atomic E-state index is -1.00. The Morgan fingerprint density at radius 2 is 2.33 bits per heavy atom. The molecule has 1 N–H and O–H groups in total. The topological polar surface area (TPSA) is 66.8 Å². The zero-order valence-electron chi connectivity index (χ0n) is 8.52. The second kappa shape index (κ2) is 5.50. The summed E-state index contributed by atoms with van der Waals surface area (Å²) in [7, 11) is 0. The Morgan fingerprint density at radius 3 is 2.93 bits per heavy atom. The lowest BCUT2D eigenvalue weighted by Crippen LogP contribution is -2.48. The highest BCUT2D eigenvalue weighted by Crippen LogP contribution is 2.09. The average molecular weight is 213 g/mol. The second-order valence-corrected chi connectivity index (χ2v) is 3.38. The van der Waals surface area contributed by atoms with Gasteiger partial charge in [-0.05, 0) is 6.42 Å². The summed E-state index contributed by atoms with van der Waals surface area (Å²) in [4.78, 5) is 23.4. The van der Waals surface area contributed by atoms with E-state index in [1.54, 1.807) is 6.08 Å². The summed E-state index contributed by atoms with van der Waals surface area (Å²) in [5.41, 5.74) is 0. The van der Waals surface area contributed by atoms with Crippen LogP contribution in [0.3, 0.4) is 0 Å². The Balaban J connectivity index is 2.44. The standard InChI is InChI=1S/C10H15NO4/c1-2-3-4-8(12)9-7-11(10(13)14)5-6-15-9/h2,9H,1,3-7H2,(H,13,14). The average Bonchev–Trinajstić information content (AvgIpc) is 2.26. The molecule has 5 nitrogen and oxygen atoms in total. The van der Waals surface area contributed by atoms with Crippen LogP contribution in [0.15, 0.2) is 12.7 Å². The van der Waals surface area contributed by atoms with Gasteiger partial charge in [-0.3, -0.25) is 4.79 Å². The van der Waals surface area contributed by atoms with E-state index in [4.69, 9.17) is 9.84 Å². The van der Waals surface area contributed by atoms with Crippen molar-refractivity contribution in [2.75, 3.05) is 19.7 Å². The largest absolute Gasteiger partial charge is 0.465 e. The number of hydrogen-bond donors (Lipinski definition) is 1. The van der Waals surface area contributed by atoms with E-state index in [1.807, 2.05) is 0 Å². The lowest BCUT2D eigenvalue weighted by Gasteiger charge is -2.30. The Bertz CT molecular complexity index is 264. The highest BCUT2D eigenvalue weighted by atomic mass is 16.5. The second-order valence-electron chi connectivity index (χ2n) is 3.38. The summed E-state index contributed by atoms with van der Waals surface area (Å²) in [6.45, 7) is 4.29. The summed E-state index contributed by atoms with van der Waals surface area (Å²) >= 11 is 0. The minimum absolute atomic E-state index is 0.0548. The van der Waals surface area contributed by atoms with Gasteiger partial charge in [0.05, 0.1) is 13.2 Å². The Hall–Kier alpha value is -1.36. The highest BCUT2D eigenvalue weighted by molar-refractivity contribution is 5.84. The molecule has 0 bridgehead atoms. The third-order valence-electron chi connectivity index (χ3n) is 2.29. The maximum Gasteiger partial charge on any atom is 0.407 e. The van der Waals surface area contributed by atoms with Gasteiger partial charge in [0.1, 0.15) is 6.10 Å². The van der Waals surface area contributed by atoms with Gasteiger partial charge < -0.3 is 14.7 Å². The molecular weight excluding hydrogens is 198 g/mol. The molecule has 1 aliphatic rings. The van der Waals surface area contributed by atoms with Gasteiger partial charge in [-0.1, -0.05) is 6.08 Å². The number of rotatable bonds is 4. The Labute approximate surface area is 88.3 Å². The first kappa shape index (κ1) is 11.7. The summed E-state index contributed by atoms with van der Waals surface area (Å²) in [5, 5.41) is 8.76. The molecule has 1 atom stereocenters. The molecule has 1 saturated heterocycles. The van der Waals surface area contributed by atoms with Crippen molar-refractivity contribution < 1.29 is 19.4 Å². The van der Waals surface area contributed by atoms with Crippen molar-refractivity contribution in [3.05, 3.63) is 12.7 Å². The first-order valence-corrected chi connectivity index (χ1v) is 4.88. The maximum atomic E-state index is 11.5. The van der Waals surface area contributed by atoms with Crippen molar-refractivity contribution in [2.45, 2.75) is 18.9 Å². The number of ketones is 1. The van der Waals surface area contributed by atoms with Crippen molar-refractivity contribution >= 4 is 11.9 Å². The molecule has 0 aliphatic carbocycles. The summed E-state index contributed by atoms with van der Waals surface area (Å²) in [5.74, 6) is -0.0548. The molecule has 1 fully saturated rings. The number of carbonyl (C=O) groups excluding carboxylic acids is 1. The summed E-state index contributed by atoms with van der Waals surface area (Å²) in [6.07, 6.45) is 1.03. The van der Waals surface area contributed by atoms with Crippen molar-refractivity contribution in [1.29, 1.82) is 0 Å². The van der Waals surface area contributed by atoms with E-state index in [0.717, 1.165) is 0 Å². The fraction of sp³-hybridized carbons (Fsp3) is 0.600. The van der Waals surface area contributed by atoms with Gasteiger partial charge in [-0.2, -0.15) is 0 Å². The van der Waals surface area contributed by atoms with E-state index in [9.17, 15) is 9.59 Å². The summed E-state index contributed by atoms with van der Waals surface area (Å²) in [6, 6.07) is 0. The van der Waals surface area contributed by atoms with E-state index in [-0.39, 0.29) is 18.9 Å². The first-order valence-electron chi connectivity index (χ1n) is 4.88. The zero-order valence-corrected chi connectivity index (χ0v) is 8.52. The normalized spacial score (nSPS) is 21.1. The van der Waals surface area contributed by atoms with Crippen molar-refractivity contribution in [1.82, 2.24) is 4.90 Å². The number of ether oxygens (including phenoxy) is 1. The summed E-state index contributed by atoms with van der Waals surface area (Å²) < 4.78 is 5.23. The van der Waals surface area contributed by atoms with Gasteiger partial charge in [-0.25, -0.2) is 4.79 Å². The quantitative estimate of drug-likeness (QED) is 0.704. The third-order valence-corrected chi connectivity index (χ3v) is 2.29. The molecule has 0 aromatic heterocycles. The predicted octanol–water partition coefficient (Wildman–Crippen LogP) is 0.901. The van der Waals surface area contributed by atoms with Crippen LogP contribution in [-0.4, -0.2) is 47.7 Å². The molecular formula is C10H15NO4. The van der Waals surface area contributed by atoms with Crippen LogP contribution in [0.4, 0.5) is 4.79 Å². The van der Waals surface area contributed by atoms with Crippen LogP contribution in [-0.2, 0) is 9.53 Å². The molecule has 0 saturated carbocycles. The van der Waals surface area contributed by atoms with E-state index in [2.05, 4.69) is 6.58 Å². The SMILES string of the molecule is C=CCCC(=O)C1CN(C(=O)O)CCO1. The lowest BCUT2D eigenvalue weighted by molar-refractivity contribution is -0.135. The van der Waals surface area contributed by atoms with E-state index < -0.39 is 12.2 Å². The number of allylic oxidation sites excluding steroid dienone is 1. The van der Waals surface area contributed by atoms with E-state index in [1.165, 1.54) is 4.90 Å². The first-order chi connectivity index (χ1) is 7.15. The van der Waals surface area contributed by atoms with Crippen molar-refractivity contribution in [3.8, 4) is 0 Å². The van der Waals surface area contributed by atoms with Crippen LogP contribution in [0.5, 0.6) is 0 Å². The molecule has 0 spiro atoms. The molecule has 1 unspecified atom stereocenters. The molecule has 1 amide bonds. The Kier molecular flexibility index (Phi) is 4.30. The molecule has 1 rings (SSSR count). The zero-order chi connectivity index (χ0) is 11.3. The van der Waals surface area contributed by atoms with Crippen molar-refractivity contribution in [2.24, 2.45) is 0 Å². The molecule has 84 valence electrons. The fourth-order valence-corrected chi connectivity index (χ4v) is 1.42. The molecule has 0 aromatic carbocycles. The maximum absolute atomic E-state index is 11.5. The number of carboxylic acid groups (broad SMARTS) is 1. The third kappa shape index (κ3) is 3.36. The molecule has 1 aliphatic heterocycles. The Morgan fingerprint density at radius 1 is 1.60 bits per heavy atom. The molecule has 0 aromatic rings. The number of morpholine rings is 1. The fourth-order valence-electron chi connectivity index (χ4n) is 1.42. The number of nitrogens with zero attached hydrogens (tertiary/aromatic N) is 1. The van der Waals surface area contributed by atoms with Crippen LogP contribution in [0.2, 0.25) is 0 Å². The predicted molar refractivity (Wildman–Crippen MR) is 53.8 cm³/mol. The smallest absolute Gasteiger partial charge is 0.407 e. The monoisotopic (exact) mass is 213 g/mol. The van der Waals surface area contributed by atoms with Crippen LogP contribution in [0, 0.1) is 0 Å². The van der Waals surface area contributed by atoms with Gasteiger partial charge >= 0.3 is 6.09 Å². The molecule has 0 radical (unpaired) electrons. The van der Waals surface area contributed by atoms with Crippen LogP contribution >= 0.6 is 0 Å². The number of Topliss-reactive ketones (excluding diaryl/α,β-unsaturated/α-hetero) is 1. The molecule has 1 heterocycles. The van der Waals surface area contributed by atoms with Crippen molar-refractivity contribution in [3.63, 3.8) is 0 Å². The van der Waals surface area contributed by atoms with Gasteiger partial charge in [0.15, 0.2) is 5.78 Å². The number of amides is 1. The van der Waals surface area contributed by atoms with E-state index >= 15 is 0 Å². The molecule has 5 heteroatoms. The number of carbonyl (C=O) groups is 2. The van der Waals surface area contributed by atoms with Gasteiger partial charge in [0.2, 0.25) is 0 Å². The van der Waals surface area contributed by atoms with Gasteiger partial charge in [0.25, 0.3) is 0 Å². The van der Waals surface area contributed by atoms with Crippen LogP contribution in [0.25, 0.3) is 0 Å². The minimum Gasteiger partial charge on any atom is -0.465 e. The highest BCUT2D eigenvalue weighted by Gasteiger charge is 2.28. The van der Waals surface area contributed by atoms with Gasteiger partial charge in [-0.15, -0.1) is 6.58 Å². The lowest BCUT2D eigenvalue weighted by atomic mass is 10.1. The van der Waals surface area contributed by atoms with Crippen LogP contribution in [0.1, 0.15) is 12.8 Å². The van der Waals surface area contributed by atoms with Gasteiger partial charge in [0, 0.05) is 13.0 Å². The molecule has 15 heavy (non-hydrogen) atoms. The van der Waals surface area contributed by atoms with Crippen LogP contribution < -0.4 is 0 Å². The van der Waals surface area contributed by atoms with E-state index in [0.29, 0.717) is 19.4 Å².